The molecule has 3 rings (SSSR count). The molecule has 0 unspecified atom stereocenters. The number of H-pyrrole nitrogens is 1. The number of aromatic nitrogens is 2. The second-order valence-electron chi connectivity index (χ2n) is 5.34. The van der Waals surface area contributed by atoms with Crippen molar-refractivity contribution in [1.29, 1.82) is 0 Å². The van der Waals surface area contributed by atoms with Gasteiger partial charge in [-0.25, -0.2) is 9.98 Å². The van der Waals surface area contributed by atoms with Crippen LogP contribution in [0.2, 0.25) is 0 Å². The Hall–Kier alpha value is -3.61. The number of nitrogens with two attached hydrogens (primary N) is 1. The number of guanidine groups is 1. The lowest BCUT2D eigenvalue weighted by molar-refractivity contribution is -0.365. The Bertz CT molecular complexity index is 934. The van der Waals surface area contributed by atoms with Crippen LogP contribution in [0.4, 0.5) is 11.6 Å². The molecule has 1 heterocycles. The first kappa shape index (κ1) is 16.3. The van der Waals surface area contributed by atoms with Gasteiger partial charge in [0, 0.05) is 6.07 Å². The highest BCUT2D eigenvalue weighted by Crippen LogP contribution is 2.22. The second kappa shape index (κ2) is 7.31. The summed E-state index contributed by atoms with van der Waals surface area (Å²) in [5.74, 6) is 2.00. The van der Waals surface area contributed by atoms with Crippen LogP contribution in [0.5, 0.6) is 11.5 Å². The molecule has 25 heavy (non-hydrogen) atoms. The first-order valence-corrected chi connectivity index (χ1v) is 7.66. The van der Waals surface area contributed by atoms with Gasteiger partial charge in [-0.15, -0.1) is 4.98 Å². The van der Waals surface area contributed by atoms with Crippen molar-refractivity contribution in [2.45, 2.75) is 6.92 Å². The molecule has 0 atom stereocenters. The lowest BCUT2D eigenvalue weighted by Crippen LogP contribution is -2.73. The van der Waals surface area contributed by atoms with Crippen molar-refractivity contribution in [2.24, 2.45) is 5.73 Å². The maximum Gasteiger partial charge on any atom is 0.325 e. The summed E-state index contributed by atoms with van der Waals surface area (Å²) in [7, 11) is 0. The Kier molecular flexibility index (Phi) is 4.75. The summed E-state index contributed by atoms with van der Waals surface area (Å²) in [5.41, 5.74) is 7.02. The van der Waals surface area contributed by atoms with E-state index in [1.807, 2.05) is 54.6 Å². The maximum atomic E-state index is 11.4. The minimum Gasteiger partial charge on any atom is -0.457 e. The largest absolute Gasteiger partial charge is 0.457 e. The molecule has 7 heteroatoms. The molecule has 126 valence electrons. The molecule has 0 bridgehead atoms. The van der Waals surface area contributed by atoms with Crippen LogP contribution >= 0.6 is 0 Å². The number of hydrogen-bond donors (Lipinski definition) is 4. The molecule has 0 amide bonds. The van der Waals surface area contributed by atoms with Crippen LogP contribution in [0.25, 0.3) is 0 Å². The van der Waals surface area contributed by atoms with Gasteiger partial charge in [-0.2, -0.15) is 0 Å². The molecule has 0 saturated carbocycles. The molecule has 0 aliphatic rings. The van der Waals surface area contributed by atoms with E-state index >= 15 is 0 Å². The van der Waals surface area contributed by atoms with E-state index in [-0.39, 0.29) is 17.5 Å². The molecule has 1 aromatic heterocycles. The number of ether oxygens (including phenoxy) is 1. The van der Waals surface area contributed by atoms with E-state index in [1.165, 1.54) is 6.07 Å². The topological polar surface area (TPSA) is 107 Å². The summed E-state index contributed by atoms with van der Waals surface area (Å²) in [6.07, 6.45) is 0. The van der Waals surface area contributed by atoms with E-state index in [0.717, 1.165) is 11.4 Å². The zero-order chi connectivity index (χ0) is 17.6. The van der Waals surface area contributed by atoms with Crippen molar-refractivity contribution in [3.63, 3.8) is 0 Å². The van der Waals surface area contributed by atoms with E-state index in [2.05, 4.69) is 20.3 Å². The number of benzene rings is 2. The SMILES string of the molecule is Cc1cc(=O)[nH]c([NH+]=C(N)Nc2ccc(Oc3ccccc3)cc2)n1. The van der Waals surface area contributed by atoms with Crippen molar-refractivity contribution >= 4 is 17.6 Å². The summed E-state index contributed by atoms with van der Waals surface area (Å²) < 4.78 is 5.73. The van der Waals surface area contributed by atoms with E-state index in [0.29, 0.717) is 11.4 Å². The number of anilines is 1. The van der Waals surface area contributed by atoms with Crippen LogP contribution in [0, 0.1) is 6.92 Å². The van der Waals surface area contributed by atoms with Gasteiger partial charge in [-0.3, -0.25) is 10.1 Å². The van der Waals surface area contributed by atoms with Gasteiger partial charge in [0.05, 0.1) is 11.4 Å². The quantitative estimate of drug-likeness (QED) is 0.420. The normalized spacial score (nSPS) is 11.2. The van der Waals surface area contributed by atoms with Crippen molar-refractivity contribution in [1.82, 2.24) is 9.97 Å². The molecule has 3 aromatic rings. The van der Waals surface area contributed by atoms with Crippen molar-refractivity contribution < 1.29 is 9.73 Å². The first-order valence-electron chi connectivity index (χ1n) is 7.66. The minimum atomic E-state index is -0.245. The van der Waals surface area contributed by atoms with Gasteiger partial charge in [-0.1, -0.05) is 18.2 Å². The van der Waals surface area contributed by atoms with Gasteiger partial charge in [0.15, 0.2) is 0 Å². The van der Waals surface area contributed by atoms with Crippen LogP contribution in [0.3, 0.4) is 0 Å². The Morgan fingerprint density at radius 1 is 1.12 bits per heavy atom. The molecule has 2 aromatic carbocycles. The molecule has 0 spiro atoms. The monoisotopic (exact) mass is 336 g/mol. The molecule has 0 fully saturated rings. The van der Waals surface area contributed by atoms with Crippen molar-refractivity contribution in [3.8, 4) is 11.5 Å². The van der Waals surface area contributed by atoms with Gasteiger partial charge in [-0.05, 0) is 43.3 Å². The molecule has 0 saturated heterocycles. The maximum absolute atomic E-state index is 11.4. The van der Waals surface area contributed by atoms with Gasteiger partial charge in [0.1, 0.15) is 11.5 Å². The standard InChI is InChI=1S/C18H17N5O2/c1-12-11-16(24)22-18(20-12)23-17(19)21-13-7-9-15(10-8-13)25-14-5-3-2-4-6-14/h2-11H,1H3,(H4,19,20,21,22,23,24)/p+1. The zero-order valence-electron chi connectivity index (χ0n) is 13.6. The molecule has 5 N–H and O–H groups in total. The number of rotatable bonds is 4. The molecule has 7 nitrogen and oxygen atoms in total. The first-order chi connectivity index (χ1) is 12.1. The van der Waals surface area contributed by atoms with E-state index < -0.39 is 0 Å². The highest BCUT2D eigenvalue weighted by atomic mass is 16.5. The summed E-state index contributed by atoms with van der Waals surface area (Å²) in [5, 5.41) is 2.99. The average Bonchev–Trinajstić information content (AvgIpc) is 2.56. The second-order valence-corrected chi connectivity index (χ2v) is 5.34. The Morgan fingerprint density at radius 3 is 2.48 bits per heavy atom. The van der Waals surface area contributed by atoms with E-state index in [1.54, 1.807) is 6.92 Å². The fourth-order valence-electron chi connectivity index (χ4n) is 2.18. The molecule has 0 aliphatic heterocycles. The zero-order valence-corrected chi connectivity index (χ0v) is 13.6. The molecule has 0 aliphatic carbocycles. The summed E-state index contributed by atoms with van der Waals surface area (Å²) in [4.78, 5) is 20.9. The number of hydrogen-bond acceptors (Lipinski definition) is 3. The van der Waals surface area contributed by atoms with E-state index in [4.69, 9.17) is 10.5 Å². The van der Waals surface area contributed by atoms with Crippen LogP contribution in [-0.4, -0.2) is 15.9 Å². The van der Waals surface area contributed by atoms with Crippen LogP contribution < -0.4 is 26.3 Å². The third-order valence-electron chi connectivity index (χ3n) is 3.24. The predicted octanol–water partition coefficient (Wildman–Crippen LogP) is 1.01. The predicted molar refractivity (Wildman–Crippen MR) is 96.0 cm³/mol. The highest BCUT2D eigenvalue weighted by molar-refractivity contribution is 5.88. The van der Waals surface area contributed by atoms with Crippen LogP contribution in [0.1, 0.15) is 5.69 Å². The lowest BCUT2D eigenvalue weighted by atomic mass is 10.3. The number of para-hydroxylation sites is 1. The third-order valence-corrected chi connectivity index (χ3v) is 3.24. The smallest absolute Gasteiger partial charge is 0.325 e. The number of nitrogens with zero attached hydrogens (tertiary/aromatic N) is 1. The Labute approximate surface area is 144 Å². The van der Waals surface area contributed by atoms with E-state index in [9.17, 15) is 4.79 Å². The summed E-state index contributed by atoms with van der Waals surface area (Å²) in [6, 6.07) is 18.3. The Morgan fingerprint density at radius 2 is 1.80 bits per heavy atom. The van der Waals surface area contributed by atoms with Gasteiger partial charge < -0.3 is 10.5 Å². The highest BCUT2D eigenvalue weighted by Gasteiger charge is 2.04. The summed E-state index contributed by atoms with van der Waals surface area (Å²) in [6.45, 7) is 1.73. The van der Waals surface area contributed by atoms with Crippen LogP contribution in [-0.2, 0) is 0 Å². The average molecular weight is 336 g/mol. The number of aryl methyl sites for hydroxylation is 1. The Balaban J connectivity index is 1.68. The number of nitrogens with one attached hydrogen (secondary N) is 3. The van der Waals surface area contributed by atoms with Gasteiger partial charge in [0.25, 0.3) is 11.5 Å². The van der Waals surface area contributed by atoms with Gasteiger partial charge >= 0.3 is 5.95 Å². The molecular weight excluding hydrogens is 318 g/mol. The molecule has 0 radical (unpaired) electrons. The fourth-order valence-corrected chi connectivity index (χ4v) is 2.18. The fraction of sp³-hybridized carbons (Fsp3) is 0.0556. The lowest BCUT2D eigenvalue weighted by Gasteiger charge is -2.06. The number of aromatic amines is 1. The van der Waals surface area contributed by atoms with Gasteiger partial charge in [0.2, 0.25) is 0 Å². The van der Waals surface area contributed by atoms with Crippen molar-refractivity contribution in [3.05, 3.63) is 76.7 Å². The summed E-state index contributed by atoms with van der Waals surface area (Å²) >= 11 is 0. The van der Waals surface area contributed by atoms with Crippen LogP contribution in [0.15, 0.2) is 65.5 Å². The third kappa shape index (κ3) is 4.68. The minimum absolute atomic E-state index is 0.241. The molecular formula is C18H18N5O2+. The van der Waals surface area contributed by atoms with Crippen molar-refractivity contribution in [2.75, 3.05) is 5.32 Å².